The molecule has 0 amide bonds. The van der Waals surface area contributed by atoms with Crippen molar-refractivity contribution in [2.24, 2.45) is 0 Å². The highest BCUT2D eigenvalue weighted by atomic mass is 16.6. The van der Waals surface area contributed by atoms with Crippen LogP contribution in [-0.2, 0) is 28.6 Å². The molecule has 0 aliphatic rings. The minimum absolute atomic E-state index is 0.0941. The Kier molecular flexibility index (Phi) is 62.2. The van der Waals surface area contributed by atoms with E-state index in [4.69, 9.17) is 14.2 Å². The van der Waals surface area contributed by atoms with Crippen molar-refractivity contribution < 1.29 is 28.6 Å². The van der Waals surface area contributed by atoms with Crippen molar-refractivity contribution in [3.8, 4) is 0 Å². The van der Waals surface area contributed by atoms with Gasteiger partial charge in [-0.3, -0.25) is 14.4 Å². The highest BCUT2D eigenvalue weighted by molar-refractivity contribution is 5.71. The van der Waals surface area contributed by atoms with E-state index in [1.807, 2.05) is 0 Å². The van der Waals surface area contributed by atoms with Crippen molar-refractivity contribution in [3.63, 3.8) is 0 Å². The third-order valence-electron chi connectivity index (χ3n) is 14.4. The predicted octanol–water partition coefficient (Wildman–Crippen LogP) is 22.7. The number of carbonyl (C=O) groups is 3. The lowest BCUT2D eigenvalue weighted by molar-refractivity contribution is -0.167. The summed E-state index contributed by atoms with van der Waals surface area (Å²) in [6.45, 7) is 6.53. The number of hydrogen-bond donors (Lipinski definition) is 0. The fourth-order valence-electron chi connectivity index (χ4n) is 9.44. The third kappa shape index (κ3) is 63.3. The molecule has 6 nitrogen and oxygen atoms in total. The maximum atomic E-state index is 12.9. The molecule has 444 valence electrons. The lowest BCUT2D eigenvalue weighted by atomic mass is 10.0. The summed E-state index contributed by atoms with van der Waals surface area (Å²) in [6.07, 6.45) is 86.0. The molecule has 1 unspecified atom stereocenters. The molecule has 77 heavy (non-hydrogen) atoms. The van der Waals surface area contributed by atoms with E-state index in [0.717, 1.165) is 96.3 Å². The Hall–Kier alpha value is -3.41. The van der Waals surface area contributed by atoms with Crippen molar-refractivity contribution in [1.82, 2.24) is 0 Å². The van der Waals surface area contributed by atoms with Crippen LogP contribution in [0.15, 0.2) is 85.1 Å². The van der Waals surface area contributed by atoms with Crippen LogP contribution in [0.4, 0.5) is 0 Å². The lowest BCUT2D eigenvalue weighted by Gasteiger charge is -2.18. The summed E-state index contributed by atoms with van der Waals surface area (Å²) in [7, 11) is 0. The predicted molar refractivity (Wildman–Crippen MR) is 334 cm³/mol. The summed E-state index contributed by atoms with van der Waals surface area (Å²) in [5.41, 5.74) is 0. The fourth-order valence-corrected chi connectivity index (χ4v) is 9.44. The zero-order valence-corrected chi connectivity index (χ0v) is 51.0. The van der Waals surface area contributed by atoms with Gasteiger partial charge in [-0.15, -0.1) is 0 Å². The van der Waals surface area contributed by atoms with E-state index in [0.29, 0.717) is 19.3 Å². The van der Waals surface area contributed by atoms with Gasteiger partial charge in [-0.05, 0) is 96.3 Å². The Bertz CT molecular complexity index is 1470. The van der Waals surface area contributed by atoms with Gasteiger partial charge in [0.25, 0.3) is 0 Å². The molecule has 0 radical (unpaired) electrons. The van der Waals surface area contributed by atoms with E-state index in [9.17, 15) is 14.4 Å². The summed E-state index contributed by atoms with van der Waals surface area (Å²) in [6, 6.07) is 0. The Morgan fingerprint density at radius 2 is 0.506 bits per heavy atom. The van der Waals surface area contributed by atoms with Crippen molar-refractivity contribution in [2.75, 3.05) is 13.2 Å². The van der Waals surface area contributed by atoms with Gasteiger partial charge in [-0.2, -0.15) is 0 Å². The van der Waals surface area contributed by atoms with E-state index in [-0.39, 0.29) is 37.5 Å². The summed E-state index contributed by atoms with van der Waals surface area (Å²) in [5.74, 6) is -0.931. The first-order valence-electron chi connectivity index (χ1n) is 33.1. The number of esters is 3. The average molecular weight is 1070 g/mol. The van der Waals surface area contributed by atoms with Crippen LogP contribution in [0.5, 0.6) is 0 Å². The minimum Gasteiger partial charge on any atom is -0.462 e. The minimum atomic E-state index is -0.804. The fraction of sp³-hybridized carbons (Fsp3) is 0.761. The number of unbranched alkanes of at least 4 members (excludes halogenated alkanes) is 35. The van der Waals surface area contributed by atoms with Gasteiger partial charge in [0, 0.05) is 19.3 Å². The van der Waals surface area contributed by atoms with Gasteiger partial charge in [-0.25, -0.2) is 0 Å². The molecule has 0 rings (SSSR count). The summed E-state index contributed by atoms with van der Waals surface area (Å²) < 4.78 is 16.9. The molecule has 0 aromatic rings. The van der Waals surface area contributed by atoms with E-state index < -0.39 is 6.10 Å². The second kappa shape index (κ2) is 65.1. The normalized spacial score (nSPS) is 12.6. The highest BCUT2D eigenvalue weighted by Gasteiger charge is 2.19. The van der Waals surface area contributed by atoms with Crippen LogP contribution in [0.3, 0.4) is 0 Å². The Morgan fingerprint density at radius 3 is 0.831 bits per heavy atom. The number of ether oxygens (including phenoxy) is 3. The van der Waals surface area contributed by atoms with Crippen LogP contribution in [-0.4, -0.2) is 37.2 Å². The second-order valence-electron chi connectivity index (χ2n) is 22.0. The quantitative estimate of drug-likeness (QED) is 0.0261. The van der Waals surface area contributed by atoms with Crippen LogP contribution >= 0.6 is 0 Å². The monoisotopic (exact) mass is 1070 g/mol. The summed E-state index contributed by atoms with van der Waals surface area (Å²) in [5, 5.41) is 0. The van der Waals surface area contributed by atoms with Crippen molar-refractivity contribution in [3.05, 3.63) is 85.1 Å². The van der Waals surface area contributed by atoms with Crippen molar-refractivity contribution >= 4 is 17.9 Å². The van der Waals surface area contributed by atoms with E-state index >= 15 is 0 Å². The zero-order valence-electron chi connectivity index (χ0n) is 51.0. The Labute approximate surface area is 477 Å². The van der Waals surface area contributed by atoms with Gasteiger partial charge in [-0.1, -0.05) is 298 Å². The molecule has 0 aliphatic heterocycles. The molecule has 0 bridgehead atoms. The van der Waals surface area contributed by atoms with Crippen LogP contribution in [0.25, 0.3) is 0 Å². The molecule has 0 fully saturated rings. The average Bonchev–Trinajstić information content (AvgIpc) is 3.43. The van der Waals surface area contributed by atoms with E-state index in [1.54, 1.807) is 0 Å². The third-order valence-corrected chi connectivity index (χ3v) is 14.4. The molecule has 1 atom stereocenters. The van der Waals surface area contributed by atoms with Crippen molar-refractivity contribution in [1.29, 1.82) is 0 Å². The van der Waals surface area contributed by atoms with Crippen LogP contribution in [0.1, 0.15) is 329 Å². The molecule has 0 aromatic carbocycles. The SMILES string of the molecule is CC/C=C\C/C=C\C/C=C\C/C=C\C/C=C\C/C=C\CCCCC(=O)OC(COC(=O)CCCCCCC/C=C\CCCCCCCCC)COC(=O)CCCCCCCCCCCCCCCCCCCCCCCC. The highest BCUT2D eigenvalue weighted by Crippen LogP contribution is 2.17. The van der Waals surface area contributed by atoms with Crippen molar-refractivity contribution in [2.45, 2.75) is 335 Å². The van der Waals surface area contributed by atoms with Gasteiger partial charge in [0.1, 0.15) is 13.2 Å². The number of carbonyl (C=O) groups excluding carboxylic acids is 3. The lowest BCUT2D eigenvalue weighted by Crippen LogP contribution is -2.30. The van der Waals surface area contributed by atoms with Crippen LogP contribution in [0.2, 0.25) is 0 Å². The topological polar surface area (TPSA) is 78.9 Å². The smallest absolute Gasteiger partial charge is 0.306 e. The van der Waals surface area contributed by atoms with Gasteiger partial charge in [0.15, 0.2) is 6.10 Å². The van der Waals surface area contributed by atoms with Gasteiger partial charge in [0.05, 0.1) is 0 Å². The molecule has 0 heterocycles. The molecule has 0 saturated heterocycles. The number of hydrogen-bond acceptors (Lipinski definition) is 6. The molecule has 0 aliphatic carbocycles. The molecule has 0 spiro atoms. The van der Waals surface area contributed by atoms with Gasteiger partial charge < -0.3 is 14.2 Å². The van der Waals surface area contributed by atoms with Crippen LogP contribution in [0, 0.1) is 0 Å². The molecular formula is C71H124O6. The summed E-state index contributed by atoms with van der Waals surface area (Å²) in [4.78, 5) is 38.4. The first kappa shape index (κ1) is 73.6. The number of allylic oxidation sites excluding steroid dienone is 14. The van der Waals surface area contributed by atoms with E-state index in [2.05, 4.69) is 106 Å². The Morgan fingerprint density at radius 1 is 0.273 bits per heavy atom. The van der Waals surface area contributed by atoms with Crippen LogP contribution < -0.4 is 0 Å². The number of rotatable bonds is 60. The second-order valence-corrected chi connectivity index (χ2v) is 22.0. The first-order valence-corrected chi connectivity index (χ1v) is 33.1. The molecule has 0 saturated carbocycles. The van der Waals surface area contributed by atoms with Gasteiger partial charge >= 0.3 is 17.9 Å². The first-order chi connectivity index (χ1) is 38.0. The molecule has 0 aromatic heterocycles. The largest absolute Gasteiger partial charge is 0.462 e. The maximum Gasteiger partial charge on any atom is 0.306 e. The standard InChI is InChI=1S/C71H124O6/c1-4-7-10-13-16-19-22-25-28-31-33-35-37-38-40-43-46-49-52-55-58-61-64-70(73)76-67-68(66-75-69(72)63-60-57-54-51-48-45-42-30-27-24-21-18-15-12-9-6-3)77-71(74)65-62-59-56-53-50-47-44-41-39-36-34-32-29-26-23-20-17-14-11-8-5-2/h8,11,17,20,26,29-30,34,36,41-42,44,50,53,68H,4-7,9-10,12-16,18-19,21-25,27-28,31-33,35,37-40,43,45-49,51-52,54-67H2,1-3H3/b11-8-,20-17-,29-26-,36-34-,42-30-,44-41-,53-50-. The maximum absolute atomic E-state index is 12.9. The molecule has 6 heteroatoms. The molecule has 0 N–H and O–H groups in total. The summed E-state index contributed by atoms with van der Waals surface area (Å²) >= 11 is 0. The van der Waals surface area contributed by atoms with Gasteiger partial charge in [0.2, 0.25) is 0 Å². The Balaban J connectivity index is 4.42. The zero-order chi connectivity index (χ0) is 55.7. The molecular weight excluding hydrogens is 949 g/mol. The van der Waals surface area contributed by atoms with E-state index in [1.165, 1.54) is 186 Å².